The molecule has 0 aliphatic heterocycles. The van der Waals surface area contributed by atoms with E-state index in [1.54, 1.807) is 50.2 Å². The number of hydrogen-bond acceptors (Lipinski definition) is 9. The van der Waals surface area contributed by atoms with Gasteiger partial charge in [-0.15, -0.1) is 0 Å². The number of carbonyl (C=O) groups is 1. The van der Waals surface area contributed by atoms with Crippen LogP contribution in [-0.2, 0) is 9.53 Å². The number of para-hydroxylation sites is 1. The number of hydrogen-bond donors (Lipinski definition) is 0. The number of nitro groups is 1. The average molecular weight is 517 g/mol. The molecule has 4 aromatic rings. The van der Waals surface area contributed by atoms with Gasteiger partial charge in [0.15, 0.2) is 18.2 Å². The maximum atomic E-state index is 13.4. The molecule has 0 atom stereocenters. The molecule has 11 heteroatoms. The van der Waals surface area contributed by atoms with Crippen molar-refractivity contribution in [1.82, 2.24) is 9.66 Å². The minimum absolute atomic E-state index is 0.0414. The number of benzene rings is 3. The first-order chi connectivity index (χ1) is 18.4. The fourth-order valence-electron chi connectivity index (χ4n) is 3.69. The van der Waals surface area contributed by atoms with E-state index in [0.29, 0.717) is 22.3 Å². The zero-order valence-electron chi connectivity index (χ0n) is 20.7. The summed E-state index contributed by atoms with van der Waals surface area (Å²) in [6.07, 6.45) is 1.30. The Morgan fingerprint density at radius 1 is 1.05 bits per heavy atom. The van der Waals surface area contributed by atoms with Crippen molar-refractivity contribution in [3.63, 3.8) is 0 Å². The van der Waals surface area contributed by atoms with Crippen LogP contribution in [0.25, 0.3) is 22.3 Å². The normalized spacial score (nSPS) is 11.0. The van der Waals surface area contributed by atoms with Crippen LogP contribution < -0.4 is 15.0 Å². The Kier molecular flexibility index (Phi) is 8.07. The van der Waals surface area contributed by atoms with Crippen LogP contribution in [-0.4, -0.2) is 46.6 Å². The molecule has 1 heterocycles. The third-order valence-electron chi connectivity index (χ3n) is 5.30. The summed E-state index contributed by atoms with van der Waals surface area (Å²) in [7, 11) is 0. The van der Waals surface area contributed by atoms with Crippen molar-refractivity contribution in [3.05, 3.63) is 92.8 Å². The van der Waals surface area contributed by atoms with Crippen LogP contribution in [0.1, 0.15) is 19.4 Å². The van der Waals surface area contributed by atoms with Gasteiger partial charge in [0.05, 0.1) is 35.3 Å². The van der Waals surface area contributed by atoms with Gasteiger partial charge in [0, 0.05) is 17.2 Å². The van der Waals surface area contributed by atoms with Gasteiger partial charge in [-0.25, -0.2) is 9.78 Å². The largest absolute Gasteiger partial charge is 0.490 e. The first-order valence-corrected chi connectivity index (χ1v) is 11.8. The standard InChI is InChI=1S/C27H24N4O7/c1-3-36-23-15-18(14-22(31(34)35)25(23)38-17-24(32)37-4-2)16-28-30-26(19-10-6-5-7-11-19)29-21-13-9-8-12-20(21)27(30)33/h5-16H,3-4,17H2,1-2H3. The lowest BCUT2D eigenvalue weighted by Crippen LogP contribution is -2.20. The van der Waals surface area contributed by atoms with Gasteiger partial charge in [-0.1, -0.05) is 42.5 Å². The number of esters is 1. The highest BCUT2D eigenvalue weighted by molar-refractivity contribution is 5.84. The minimum Gasteiger partial charge on any atom is -0.490 e. The SMILES string of the molecule is CCOC(=O)COc1c(OCC)cc(C=Nn2c(-c3ccccc3)nc3ccccc3c2=O)cc1[N+](=O)[O-]. The van der Waals surface area contributed by atoms with Gasteiger partial charge in [-0.2, -0.15) is 9.78 Å². The molecule has 0 bridgehead atoms. The van der Waals surface area contributed by atoms with Crippen LogP contribution >= 0.6 is 0 Å². The molecule has 0 aliphatic carbocycles. The van der Waals surface area contributed by atoms with Gasteiger partial charge >= 0.3 is 11.7 Å². The summed E-state index contributed by atoms with van der Waals surface area (Å²) >= 11 is 0. The van der Waals surface area contributed by atoms with E-state index in [-0.39, 0.29) is 30.3 Å². The Morgan fingerprint density at radius 3 is 2.50 bits per heavy atom. The van der Waals surface area contributed by atoms with Gasteiger partial charge in [0.1, 0.15) is 0 Å². The second-order valence-corrected chi connectivity index (χ2v) is 7.83. The molecular formula is C27H24N4O7. The molecule has 0 N–H and O–H groups in total. The predicted molar refractivity (Wildman–Crippen MR) is 141 cm³/mol. The van der Waals surface area contributed by atoms with E-state index < -0.39 is 28.7 Å². The lowest BCUT2D eigenvalue weighted by atomic mass is 10.1. The summed E-state index contributed by atoms with van der Waals surface area (Å²) in [4.78, 5) is 40.9. The molecule has 1 aromatic heterocycles. The lowest BCUT2D eigenvalue weighted by molar-refractivity contribution is -0.385. The van der Waals surface area contributed by atoms with Crippen molar-refractivity contribution < 1.29 is 23.9 Å². The molecule has 38 heavy (non-hydrogen) atoms. The van der Waals surface area contributed by atoms with E-state index in [4.69, 9.17) is 14.2 Å². The Labute approximate surface area is 217 Å². The summed E-state index contributed by atoms with van der Waals surface area (Å²) in [5.74, 6) is -0.540. The van der Waals surface area contributed by atoms with Crippen molar-refractivity contribution in [2.24, 2.45) is 5.10 Å². The summed E-state index contributed by atoms with van der Waals surface area (Å²) in [5.41, 5.74) is 0.604. The molecule has 194 valence electrons. The molecule has 0 saturated carbocycles. The van der Waals surface area contributed by atoms with Gasteiger partial charge < -0.3 is 14.2 Å². The Bertz CT molecular complexity index is 1570. The Balaban J connectivity index is 1.81. The fourth-order valence-corrected chi connectivity index (χ4v) is 3.69. The number of carbonyl (C=O) groups excluding carboxylic acids is 1. The smallest absolute Gasteiger partial charge is 0.344 e. The molecule has 0 saturated heterocycles. The first kappa shape index (κ1) is 26.0. The number of fused-ring (bicyclic) bond motifs is 1. The Hall–Kier alpha value is -5.06. The van der Waals surface area contributed by atoms with E-state index in [2.05, 4.69) is 10.1 Å². The van der Waals surface area contributed by atoms with Gasteiger partial charge in [-0.05, 0) is 32.0 Å². The van der Waals surface area contributed by atoms with Crippen LogP contribution in [0.2, 0.25) is 0 Å². The summed E-state index contributed by atoms with van der Waals surface area (Å²) in [6.45, 7) is 3.14. The van der Waals surface area contributed by atoms with Gasteiger partial charge in [0.2, 0.25) is 5.75 Å². The fraction of sp³-hybridized carbons (Fsp3) is 0.185. The number of ether oxygens (including phenoxy) is 3. The van der Waals surface area contributed by atoms with E-state index in [1.165, 1.54) is 18.3 Å². The average Bonchev–Trinajstić information content (AvgIpc) is 2.92. The predicted octanol–water partition coefficient (Wildman–Crippen LogP) is 4.19. The molecule has 0 spiro atoms. The minimum atomic E-state index is -0.675. The molecule has 11 nitrogen and oxygen atoms in total. The molecule has 3 aromatic carbocycles. The summed E-state index contributed by atoms with van der Waals surface area (Å²) < 4.78 is 16.9. The van der Waals surface area contributed by atoms with Gasteiger partial charge in [0.25, 0.3) is 5.56 Å². The topological polar surface area (TPSA) is 135 Å². The third-order valence-corrected chi connectivity index (χ3v) is 5.30. The highest BCUT2D eigenvalue weighted by atomic mass is 16.6. The van der Waals surface area contributed by atoms with Crippen molar-refractivity contribution in [3.8, 4) is 22.9 Å². The van der Waals surface area contributed by atoms with Crippen LogP contribution in [0.5, 0.6) is 11.5 Å². The molecular weight excluding hydrogens is 492 g/mol. The van der Waals surface area contributed by atoms with Crippen LogP contribution in [0.4, 0.5) is 5.69 Å². The van der Waals surface area contributed by atoms with Crippen molar-refractivity contribution in [1.29, 1.82) is 0 Å². The summed E-state index contributed by atoms with van der Waals surface area (Å²) in [6, 6.07) is 18.7. The van der Waals surface area contributed by atoms with Crippen molar-refractivity contribution in [2.45, 2.75) is 13.8 Å². The first-order valence-electron chi connectivity index (χ1n) is 11.8. The maximum absolute atomic E-state index is 13.4. The number of rotatable bonds is 10. The quantitative estimate of drug-likeness (QED) is 0.132. The molecule has 0 radical (unpaired) electrons. The van der Waals surface area contributed by atoms with Gasteiger partial charge in [-0.3, -0.25) is 14.9 Å². The van der Waals surface area contributed by atoms with Crippen LogP contribution in [0.15, 0.2) is 76.6 Å². The van der Waals surface area contributed by atoms with E-state index >= 15 is 0 Å². The second-order valence-electron chi connectivity index (χ2n) is 7.83. The highest BCUT2D eigenvalue weighted by Gasteiger charge is 2.24. The zero-order valence-corrected chi connectivity index (χ0v) is 20.7. The molecule has 0 unspecified atom stereocenters. The van der Waals surface area contributed by atoms with E-state index in [9.17, 15) is 19.7 Å². The maximum Gasteiger partial charge on any atom is 0.344 e. The van der Waals surface area contributed by atoms with Crippen LogP contribution in [0.3, 0.4) is 0 Å². The molecule has 4 rings (SSSR count). The zero-order chi connectivity index (χ0) is 27.1. The second kappa shape index (κ2) is 11.8. The lowest BCUT2D eigenvalue weighted by Gasteiger charge is -2.13. The number of nitro benzene ring substituents is 1. The number of aromatic nitrogens is 2. The molecule has 0 amide bonds. The van der Waals surface area contributed by atoms with Crippen molar-refractivity contribution in [2.75, 3.05) is 19.8 Å². The number of nitrogens with zero attached hydrogens (tertiary/aromatic N) is 4. The van der Waals surface area contributed by atoms with Crippen molar-refractivity contribution >= 4 is 28.8 Å². The third kappa shape index (κ3) is 5.67. The van der Waals surface area contributed by atoms with E-state index in [0.717, 1.165) is 4.68 Å². The highest BCUT2D eigenvalue weighted by Crippen LogP contribution is 2.38. The van der Waals surface area contributed by atoms with E-state index in [1.807, 2.05) is 18.2 Å². The Morgan fingerprint density at radius 2 is 1.79 bits per heavy atom. The molecule has 0 fully saturated rings. The monoisotopic (exact) mass is 516 g/mol. The van der Waals surface area contributed by atoms with Crippen LogP contribution in [0, 0.1) is 10.1 Å². The molecule has 0 aliphatic rings. The summed E-state index contributed by atoms with van der Waals surface area (Å²) in [5, 5.41) is 16.6.